The molecule has 0 radical (unpaired) electrons. The van der Waals surface area contributed by atoms with E-state index >= 15 is 0 Å². The maximum atomic E-state index is 13.0. The molecule has 164 valence electrons. The van der Waals surface area contributed by atoms with E-state index in [2.05, 4.69) is 45.7 Å². The molecule has 5 rings (SSSR count). The average Bonchev–Trinajstić information content (AvgIpc) is 3.49. The molecule has 1 aliphatic rings. The molecule has 0 aliphatic carbocycles. The quantitative estimate of drug-likeness (QED) is 0.335. The summed E-state index contributed by atoms with van der Waals surface area (Å²) in [5.41, 5.74) is 3.31. The van der Waals surface area contributed by atoms with Crippen molar-refractivity contribution in [2.45, 2.75) is 48.1 Å². The lowest BCUT2D eigenvalue weighted by atomic mass is 10.1. The van der Waals surface area contributed by atoms with Crippen LogP contribution in [0.25, 0.3) is 10.2 Å². The summed E-state index contributed by atoms with van der Waals surface area (Å²) in [7, 11) is 0. The summed E-state index contributed by atoms with van der Waals surface area (Å²) in [6.07, 6.45) is 0.908. The van der Waals surface area contributed by atoms with Gasteiger partial charge in [0.05, 0.1) is 21.7 Å². The number of aromatic nitrogens is 4. The Kier molecular flexibility index (Phi) is 6.21. The Labute approximate surface area is 199 Å². The second-order valence-corrected chi connectivity index (χ2v) is 10.8. The fraction of sp³-hybridized carbons (Fsp3) is 0.304. The molecule has 0 fully saturated rings. The minimum atomic E-state index is 0.114. The third kappa shape index (κ3) is 4.16. The molecule has 0 N–H and O–H groups in total. The number of carbonyl (C=O) groups is 1. The van der Waals surface area contributed by atoms with Gasteiger partial charge < -0.3 is 9.47 Å². The first-order valence-corrected chi connectivity index (χ1v) is 13.4. The van der Waals surface area contributed by atoms with Crippen molar-refractivity contribution in [3.05, 3.63) is 59.9 Å². The average molecular weight is 482 g/mol. The largest absolute Gasteiger partial charge is 0.308 e. The highest BCUT2D eigenvalue weighted by Gasteiger charge is 2.30. The van der Waals surface area contributed by atoms with Gasteiger partial charge >= 0.3 is 0 Å². The molecule has 0 saturated carbocycles. The van der Waals surface area contributed by atoms with Gasteiger partial charge in [-0.15, -0.1) is 21.5 Å². The van der Waals surface area contributed by atoms with Crippen LogP contribution in [0.2, 0.25) is 0 Å². The number of anilines is 1. The van der Waals surface area contributed by atoms with E-state index in [1.165, 1.54) is 22.0 Å². The van der Waals surface area contributed by atoms with Gasteiger partial charge in [-0.3, -0.25) is 4.79 Å². The summed E-state index contributed by atoms with van der Waals surface area (Å²) < 4.78 is 4.32. The number of thiazole rings is 1. The second kappa shape index (κ2) is 9.25. The lowest BCUT2D eigenvalue weighted by molar-refractivity contribution is -0.116. The molecular weight excluding hydrogens is 458 g/mol. The number of carbonyl (C=O) groups excluding carboxylic acids is 1. The number of hydrogen-bond acceptors (Lipinski definition) is 7. The molecule has 0 unspecified atom stereocenters. The topological polar surface area (TPSA) is 63.9 Å². The molecule has 6 nitrogen and oxygen atoms in total. The number of thioether (sulfide) groups is 2. The SMILES string of the molecule is CCn1c(CSc2nc3ccccc3s2)nnc1SCC(=O)N1c2ccccc2C[C@@H]1C. The molecule has 1 amide bonds. The lowest BCUT2D eigenvalue weighted by Gasteiger charge is -2.22. The minimum Gasteiger partial charge on any atom is -0.308 e. The number of rotatable bonds is 7. The van der Waals surface area contributed by atoms with Gasteiger partial charge in [-0.1, -0.05) is 53.9 Å². The predicted octanol–water partition coefficient (Wildman–Crippen LogP) is 5.27. The highest BCUT2D eigenvalue weighted by atomic mass is 32.2. The molecular formula is C23H23N5OS3. The molecule has 9 heteroatoms. The summed E-state index contributed by atoms with van der Waals surface area (Å²) >= 11 is 4.84. The molecule has 1 atom stereocenters. The molecule has 0 saturated heterocycles. The summed E-state index contributed by atoms with van der Waals surface area (Å²) in [5, 5.41) is 9.58. The Morgan fingerprint density at radius 3 is 2.78 bits per heavy atom. The van der Waals surface area contributed by atoms with E-state index < -0.39 is 0 Å². The van der Waals surface area contributed by atoms with E-state index in [1.54, 1.807) is 23.1 Å². The van der Waals surface area contributed by atoms with Crippen molar-refractivity contribution < 1.29 is 4.79 Å². The Balaban J connectivity index is 1.24. The molecule has 2 aromatic heterocycles. The van der Waals surface area contributed by atoms with Gasteiger partial charge in [-0.25, -0.2) is 4.98 Å². The van der Waals surface area contributed by atoms with Crippen LogP contribution in [-0.4, -0.2) is 37.5 Å². The maximum Gasteiger partial charge on any atom is 0.237 e. The van der Waals surface area contributed by atoms with Crippen LogP contribution < -0.4 is 4.90 Å². The molecule has 0 spiro atoms. The Morgan fingerprint density at radius 1 is 1.12 bits per heavy atom. The van der Waals surface area contributed by atoms with E-state index in [-0.39, 0.29) is 11.9 Å². The third-order valence-electron chi connectivity index (χ3n) is 5.51. The Hall–Kier alpha value is -2.36. The molecule has 4 aromatic rings. The summed E-state index contributed by atoms with van der Waals surface area (Å²) in [4.78, 5) is 19.6. The Morgan fingerprint density at radius 2 is 1.94 bits per heavy atom. The number of para-hydroxylation sites is 2. The first-order chi connectivity index (χ1) is 15.6. The molecule has 32 heavy (non-hydrogen) atoms. The van der Waals surface area contributed by atoms with Crippen LogP contribution in [0, 0.1) is 0 Å². The van der Waals surface area contributed by atoms with Crippen LogP contribution >= 0.6 is 34.9 Å². The van der Waals surface area contributed by atoms with Crippen molar-refractivity contribution in [3.8, 4) is 0 Å². The van der Waals surface area contributed by atoms with Crippen LogP contribution in [0.1, 0.15) is 25.2 Å². The number of benzene rings is 2. The van der Waals surface area contributed by atoms with Crippen molar-refractivity contribution in [3.63, 3.8) is 0 Å². The predicted molar refractivity (Wildman–Crippen MR) is 133 cm³/mol. The zero-order chi connectivity index (χ0) is 22.1. The standard InChI is InChI=1S/C23H23N5OS3/c1-3-27-20(13-31-23-24-17-9-5-7-11-19(17)32-23)25-26-22(27)30-14-21(29)28-15(2)12-16-8-4-6-10-18(16)28/h4-11,15H,3,12-14H2,1-2H3/t15-/m0/s1. The van der Waals surface area contributed by atoms with Gasteiger partial charge in [0.1, 0.15) is 5.82 Å². The van der Waals surface area contributed by atoms with Gasteiger partial charge in [0.25, 0.3) is 0 Å². The smallest absolute Gasteiger partial charge is 0.237 e. The normalized spacial score (nSPS) is 15.4. The van der Waals surface area contributed by atoms with Crippen molar-refractivity contribution in [2.75, 3.05) is 10.7 Å². The van der Waals surface area contributed by atoms with Crippen LogP contribution in [-0.2, 0) is 23.5 Å². The maximum absolute atomic E-state index is 13.0. The molecule has 1 aliphatic heterocycles. The fourth-order valence-corrected chi connectivity index (χ4v) is 6.92. The number of hydrogen-bond donors (Lipinski definition) is 0. The zero-order valence-electron chi connectivity index (χ0n) is 17.9. The Bertz CT molecular complexity index is 1230. The molecule has 2 aromatic carbocycles. The second-order valence-electron chi connectivity index (χ2n) is 7.61. The number of fused-ring (bicyclic) bond motifs is 2. The van der Waals surface area contributed by atoms with Crippen LogP contribution in [0.3, 0.4) is 0 Å². The van der Waals surface area contributed by atoms with E-state index in [9.17, 15) is 4.79 Å². The van der Waals surface area contributed by atoms with Gasteiger partial charge in [0, 0.05) is 18.3 Å². The summed E-state index contributed by atoms with van der Waals surface area (Å²) in [5.74, 6) is 2.07. The fourth-order valence-electron chi connectivity index (χ4n) is 4.03. The van der Waals surface area contributed by atoms with Crippen molar-refractivity contribution >= 4 is 56.7 Å². The lowest BCUT2D eigenvalue weighted by Crippen LogP contribution is -2.37. The zero-order valence-corrected chi connectivity index (χ0v) is 20.3. The van der Waals surface area contributed by atoms with Gasteiger partial charge in [-0.2, -0.15) is 0 Å². The highest BCUT2D eigenvalue weighted by molar-refractivity contribution is 8.00. The van der Waals surface area contributed by atoms with E-state index in [1.807, 2.05) is 41.3 Å². The number of amides is 1. The van der Waals surface area contributed by atoms with Crippen molar-refractivity contribution in [1.29, 1.82) is 0 Å². The first-order valence-electron chi connectivity index (χ1n) is 10.6. The van der Waals surface area contributed by atoms with Crippen molar-refractivity contribution in [2.24, 2.45) is 0 Å². The van der Waals surface area contributed by atoms with E-state index in [4.69, 9.17) is 0 Å². The third-order valence-corrected chi connectivity index (χ3v) is 8.64. The summed E-state index contributed by atoms with van der Waals surface area (Å²) in [6, 6.07) is 16.5. The first kappa shape index (κ1) is 21.5. The highest BCUT2D eigenvalue weighted by Crippen LogP contribution is 2.34. The van der Waals surface area contributed by atoms with Gasteiger partial charge in [-0.05, 0) is 44.0 Å². The van der Waals surface area contributed by atoms with Gasteiger partial charge in [0.15, 0.2) is 9.50 Å². The van der Waals surface area contributed by atoms with Gasteiger partial charge in [0.2, 0.25) is 5.91 Å². The monoisotopic (exact) mass is 481 g/mol. The van der Waals surface area contributed by atoms with E-state index in [0.717, 1.165) is 39.5 Å². The number of nitrogens with zero attached hydrogens (tertiary/aromatic N) is 5. The van der Waals surface area contributed by atoms with Crippen molar-refractivity contribution in [1.82, 2.24) is 19.7 Å². The van der Waals surface area contributed by atoms with Crippen LogP contribution in [0.5, 0.6) is 0 Å². The van der Waals surface area contributed by atoms with Crippen LogP contribution in [0.4, 0.5) is 5.69 Å². The minimum absolute atomic E-state index is 0.114. The molecule has 0 bridgehead atoms. The van der Waals surface area contributed by atoms with Crippen LogP contribution in [0.15, 0.2) is 58.0 Å². The van der Waals surface area contributed by atoms with E-state index in [0.29, 0.717) is 11.5 Å². The molecule has 3 heterocycles. The summed E-state index contributed by atoms with van der Waals surface area (Å²) in [6.45, 7) is 4.95.